The number of hydrogen-bond donors (Lipinski definition) is 2. The van der Waals surface area contributed by atoms with Crippen LogP contribution in [0.2, 0.25) is 0 Å². The molecule has 1 aliphatic rings. The standard InChI is InChI=1S/C23H22N4O2/c1-3-14-12-23(13-24,11-10-17(14)27-22(25)26)16-8-9-19(28-2)21-20(16)15-6-4-5-7-18(15)29-21/h3-9H,1,10-12H2,2H3,(H4,25,26,27). The minimum Gasteiger partial charge on any atom is -0.493 e. The van der Waals surface area contributed by atoms with Gasteiger partial charge in [-0.15, -0.1) is 0 Å². The van der Waals surface area contributed by atoms with Crippen LogP contribution >= 0.6 is 0 Å². The molecule has 0 amide bonds. The zero-order valence-electron chi connectivity index (χ0n) is 16.2. The molecule has 6 nitrogen and oxygen atoms in total. The van der Waals surface area contributed by atoms with Crippen LogP contribution in [0.15, 0.2) is 69.7 Å². The van der Waals surface area contributed by atoms with E-state index in [0.717, 1.165) is 33.2 Å². The van der Waals surface area contributed by atoms with Crippen LogP contribution in [0.25, 0.3) is 21.9 Å². The summed E-state index contributed by atoms with van der Waals surface area (Å²) in [6.45, 7) is 3.91. The second-order valence-corrected chi connectivity index (χ2v) is 7.20. The summed E-state index contributed by atoms with van der Waals surface area (Å²) in [6.07, 6.45) is 3.38. The Morgan fingerprint density at radius 3 is 2.79 bits per heavy atom. The smallest absolute Gasteiger partial charge is 0.190 e. The van der Waals surface area contributed by atoms with E-state index in [2.05, 4.69) is 17.6 Å². The van der Waals surface area contributed by atoms with E-state index in [1.54, 1.807) is 13.2 Å². The molecule has 6 heteroatoms. The van der Waals surface area contributed by atoms with E-state index >= 15 is 0 Å². The Hall–Kier alpha value is -3.72. The van der Waals surface area contributed by atoms with E-state index in [1.807, 2.05) is 36.4 Å². The van der Waals surface area contributed by atoms with Crippen LogP contribution in [0.5, 0.6) is 5.75 Å². The molecular weight excluding hydrogens is 364 g/mol. The zero-order chi connectivity index (χ0) is 20.6. The van der Waals surface area contributed by atoms with Crippen molar-refractivity contribution in [2.75, 3.05) is 7.11 Å². The number of hydrogen-bond acceptors (Lipinski definition) is 4. The quantitative estimate of drug-likeness (QED) is 0.514. The molecule has 0 aliphatic heterocycles. The Morgan fingerprint density at radius 1 is 1.31 bits per heavy atom. The number of furan rings is 1. The molecule has 0 saturated heterocycles. The van der Waals surface area contributed by atoms with Gasteiger partial charge in [-0.3, -0.25) is 0 Å². The summed E-state index contributed by atoms with van der Waals surface area (Å²) in [6, 6.07) is 14.2. The first kappa shape index (κ1) is 18.6. The maximum Gasteiger partial charge on any atom is 0.190 e. The number of nitrogens with zero attached hydrogens (tertiary/aromatic N) is 2. The maximum atomic E-state index is 10.3. The van der Waals surface area contributed by atoms with Gasteiger partial charge in [0, 0.05) is 16.5 Å². The van der Waals surface area contributed by atoms with E-state index in [4.69, 9.17) is 20.6 Å². The van der Waals surface area contributed by atoms with Gasteiger partial charge in [0.15, 0.2) is 17.3 Å². The number of rotatable bonds is 4. The van der Waals surface area contributed by atoms with Crippen molar-refractivity contribution in [3.63, 3.8) is 0 Å². The summed E-state index contributed by atoms with van der Waals surface area (Å²) in [7, 11) is 1.61. The predicted octanol–water partition coefficient (Wildman–Crippen LogP) is 4.25. The minimum atomic E-state index is -0.747. The summed E-state index contributed by atoms with van der Waals surface area (Å²) in [4.78, 5) is 4.24. The van der Waals surface area contributed by atoms with E-state index in [1.165, 1.54) is 0 Å². The molecule has 4 N–H and O–H groups in total. The average molecular weight is 386 g/mol. The molecule has 1 heterocycles. The Morgan fingerprint density at radius 2 is 2.10 bits per heavy atom. The van der Waals surface area contributed by atoms with Crippen molar-refractivity contribution in [2.45, 2.75) is 24.7 Å². The molecule has 0 fully saturated rings. The first-order chi connectivity index (χ1) is 14.0. The molecule has 29 heavy (non-hydrogen) atoms. The molecule has 1 atom stereocenters. The number of para-hydroxylation sites is 1. The number of allylic oxidation sites excluding steroid dienone is 3. The highest BCUT2D eigenvalue weighted by molar-refractivity contribution is 6.09. The Labute approximate surface area is 168 Å². The molecule has 0 saturated carbocycles. The highest BCUT2D eigenvalue weighted by Crippen LogP contribution is 2.48. The number of guanidine groups is 1. The first-order valence-corrected chi connectivity index (χ1v) is 9.37. The minimum absolute atomic E-state index is 0.0106. The Balaban J connectivity index is 1.99. The van der Waals surface area contributed by atoms with E-state index in [-0.39, 0.29) is 5.96 Å². The zero-order valence-corrected chi connectivity index (χ0v) is 16.2. The van der Waals surface area contributed by atoms with Crippen molar-refractivity contribution in [3.05, 3.63) is 65.9 Å². The number of nitrogens with two attached hydrogens (primary N) is 2. The predicted molar refractivity (Wildman–Crippen MR) is 114 cm³/mol. The molecule has 1 aliphatic carbocycles. The summed E-state index contributed by atoms with van der Waals surface area (Å²) in [5, 5.41) is 12.2. The highest BCUT2D eigenvalue weighted by atomic mass is 16.5. The van der Waals surface area contributed by atoms with Crippen molar-refractivity contribution in [1.29, 1.82) is 5.26 Å². The van der Waals surface area contributed by atoms with Crippen LogP contribution in [0, 0.1) is 11.3 Å². The molecule has 146 valence electrons. The van der Waals surface area contributed by atoms with Gasteiger partial charge in [0.2, 0.25) is 0 Å². The normalized spacial score (nSPS) is 19.2. The highest BCUT2D eigenvalue weighted by Gasteiger charge is 2.39. The van der Waals surface area contributed by atoms with Crippen LogP contribution < -0.4 is 16.2 Å². The van der Waals surface area contributed by atoms with Crippen LogP contribution in [-0.2, 0) is 5.41 Å². The fourth-order valence-corrected chi connectivity index (χ4v) is 4.23. The fourth-order valence-electron chi connectivity index (χ4n) is 4.23. The number of fused-ring (bicyclic) bond motifs is 3. The molecule has 1 unspecified atom stereocenters. The van der Waals surface area contributed by atoms with Gasteiger partial charge in [-0.1, -0.05) is 36.9 Å². The van der Waals surface area contributed by atoms with E-state index in [9.17, 15) is 5.26 Å². The molecular formula is C23H22N4O2. The third kappa shape index (κ3) is 2.92. The number of aliphatic imine (C=N–C) groups is 1. The van der Waals surface area contributed by atoms with Gasteiger partial charge in [-0.05, 0) is 42.5 Å². The van der Waals surface area contributed by atoms with E-state index < -0.39 is 5.41 Å². The van der Waals surface area contributed by atoms with Gasteiger partial charge in [0.05, 0.1) is 18.6 Å². The topological polar surface area (TPSA) is 111 Å². The molecule has 0 radical (unpaired) electrons. The molecule has 0 spiro atoms. The largest absolute Gasteiger partial charge is 0.493 e. The Kier molecular flexibility index (Phi) is 4.51. The van der Waals surface area contributed by atoms with Crippen molar-refractivity contribution < 1.29 is 9.15 Å². The van der Waals surface area contributed by atoms with Crippen LogP contribution in [0.4, 0.5) is 0 Å². The average Bonchev–Trinajstić information content (AvgIpc) is 3.13. The van der Waals surface area contributed by atoms with Gasteiger partial charge < -0.3 is 20.6 Å². The second kappa shape index (κ2) is 7.02. The van der Waals surface area contributed by atoms with E-state index in [0.29, 0.717) is 30.6 Å². The molecule has 2 aromatic carbocycles. The van der Waals surface area contributed by atoms with Crippen LogP contribution in [0.1, 0.15) is 24.8 Å². The summed E-state index contributed by atoms with van der Waals surface area (Å²) in [5.74, 6) is 0.654. The lowest BCUT2D eigenvalue weighted by atomic mass is 9.68. The third-order valence-corrected chi connectivity index (χ3v) is 5.60. The Bertz CT molecular complexity index is 1220. The maximum absolute atomic E-state index is 10.3. The van der Waals surface area contributed by atoms with Crippen LogP contribution in [0.3, 0.4) is 0 Å². The van der Waals surface area contributed by atoms with Gasteiger partial charge >= 0.3 is 0 Å². The SMILES string of the molecule is C=CC1=C(N=C(N)N)CCC(C#N)(c2ccc(OC)c3oc4ccccc4c23)C1. The number of nitriles is 1. The fraction of sp³-hybridized carbons (Fsp3) is 0.217. The van der Waals surface area contributed by atoms with Gasteiger partial charge in [0.25, 0.3) is 0 Å². The second-order valence-electron chi connectivity index (χ2n) is 7.20. The lowest BCUT2D eigenvalue weighted by Crippen LogP contribution is -2.29. The summed E-state index contributed by atoms with van der Waals surface area (Å²) < 4.78 is 11.6. The summed E-state index contributed by atoms with van der Waals surface area (Å²) >= 11 is 0. The van der Waals surface area contributed by atoms with Crippen molar-refractivity contribution in [1.82, 2.24) is 0 Å². The van der Waals surface area contributed by atoms with Gasteiger partial charge in [0.1, 0.15) is 5.58 Å². The van der Waals surface area contributed by atoms with Gasteiger partial charge in [-0.25, -0.2) is 4.99 Å². The number of benzene rings is 2. The first-order valence-electron chi connectivity index (χ1n) is 9.37. The number of methoxy groups -OCH3 is 1. The van der Waals surface area contributed by atoms with Crippen LogP contribution in [-0.4, -0.2) is 13.1 Å². The number of ether oxygens (including phenoxy) is 1. The third-order valence-electron chi connectivity index (χ3n) is 5.60. The molecule has 3 aromatic rings. The van der Waals surface area contributed by atoms with Crippen molar-refractivity contribution in [2.24, 2.45) is 16.5 Å². The molecule has 1 aromatic heterocycles. The molecule has 4 rings (SSSR count). The lowest BCUT2D eigenvalue weighted by Gasteiger charge is -2.33. The van der Waals surface area contributed by atoms with Crippen molar-refractivity contribution >= 4 is 27.9 Å². The van der Waals surface area contributed by atoms with Gasteiger partial charge in [-0.2, -0.15) is 5.26 Å². The monoisotopic (exact) mass is 386 g/mol. The lowest BCUT2D eigenvalue weighted by molar-refractivity contribution is 0.411. The summed E-state index contributed by atoms with van der Waals surface area (Å²) in [5.41, 5.74) is 14.4. The molecule has 0 bridgehead atoms. The van der Waals surface area contributed by atoms with Crippen molar-refractivity contribution in [3.8, 4) is 11.8 Å².